The number of carboxylic acid groups (broad SMARTS) is 1. The zero-order valence-electron chi connectivity index (χ0n) is 8.89. The van der Waals surface area contributed by atoms with E-state index in [-0.39, 0.29) is 12.2 Å². The van der Waals surface area contributed by atoms with Crippen LogP contribution in [0.5, 0.6) is 0 Å². The molecule has 0 aliphatic heterocycles. The maximum absolute atomic E-state index is 11.4. The van der Waals surface area contributed by atoms with Gasteiger partial charge in [-0.15, -0.1) is 0 Å². The molecule has 1 aromatic rings. The summed E-state index contributed by atoms with van der Waals surface area (Å²) in [5.41, 5.74) is 0.790. The number of sulfonamides is 1. The molecule has 0 heterocycles. The van der Waals surface area contributed by atoms with E-state index < -0.39 is 22.5 Å². The number of aryl methyl sites for hydroxylation is 1. The van der Waals surface area contributed by atoms with Crippen LogP contribution in [0.2, 0.25) is 5.02 Å². The lowest BCUT2D eigenvalue weighted by atomic mass is 10.2. The molecule has 0 bridgehead atoms. The molecule has 0 fully saturated rings. The van der Waals surface area contributed by atoms with Crippen LogP contribution < -0.4 is 4.72 Å². The number of rotatable bonds is 6. The van der Waals surface area contributed by atoms with Crippen molar-refractivity contribution >= 4 is 27.6 Å². The second kappa shape index (κ2) is 6.00. The van der Waals surface area contributed by atoms with Gasteiger partial charge in [0.2, 0.25) is 10.0 Å². The predicted octanol–water partition coefficient (Wildman–Crippen LogP) is 0.887. The van der Waals surface area contributed by atoms with Gasteiger partial charge in [0, 0.05) is 5.02 Å². The van der Waals surface area contributed by atoms with Gasteiger partial charge >= 0.3 is 5.97 Å². The highest BCUT2D eigenvalue weighted by molar-refractivity contribution is 7.89. The smallest absolute Gasteiger partial charge is 0.318 e. The number of aliphatic carboxylic acids is 1. The first-order valence-electron chi connectivity index (χ1n) is 4.82. The summed E-state index contributed by atoms with van der Waals surface area (Å²) in [4.78, 5) is 10.2. The van der Waals surface area contributed by atoms with Gasteiger partial charge in [0.25, 0.3) is 0 Å². The molecular formula is C10H12ClNO4S. The SMILES string of the molecule is O=C(O)CNS(=O)(=O)CCc1cccc(Cl)c1. The second-order valence-electron chi connectivity index (χ2n) is 3.41. The molecule has 0 aliphatic carbocycles. The van der Waals surface area contributed by atoms with Crippen molar-refractivity contribution in [3.05, 3.63) is 34.9 Å². The largest absolute Gasteiger partial charge is 0.480 e. The van der Waals surface area contributed by atoms with Crippen LogP contribution in [0.25, 0.3) is 0 Å². The van der Waals surface area contributed by atoms with E-state index in [1.807, 2.05) is 4.72 Å². The van der Waals surface area contributed by atoms with Gasteiger partial charge in [0.05, 0.1) is 5.75 Å². The van der Waals surface area contributed by atoms with E-state index >= 15 is 0 Å². The van der Waals surface area contributed by atoms with E-state index in [4.69, 9.17) is 16.7 Å². The standard InChI is InChI=1S/C10H12ClNO4S/c11-9-3-1-2-8(6-9)4-5-17(15,16)12-7-10(13)14/h1-3,6,12H,4-5,7H2,(H,13,14). The van der Waals surface area contributed by atoms with Crippen LogP contribution in [0.3, 0.4) is 0 Å². The van der Waals surface area contributed by atoms with Crippen LogP contribution in [-0.4, -0.2) is 31.8 Å². The van der Waals surface area contributed by atoms with Crippen molar-refractivity contribution in [2.75, 3.05) is 12.3 Å². The highest BCUT2D eigenvalue weighted by atomic mass is 35.5. The molecule has 17 heavy (non-hydrogen) atoms. The average Bonchev–Trinajstić information content (AvgIpc) is 2.24. The van der Waals surface area contributed by atoms with Gasteiger partial charge in [0.1, 0.15) is 6.54 Å². The molecule has 1 rings (SSSR count). The maximum Gasteiger partial charge on any atom is 0.318 e. The zero-order chi connectivity index (χ0) is 12.9. The fourth-order valence-electron chi connectivity index (χ4n) is 1.19. The second-order valence-corrected chi connectivity index (χ2v) is 5.78. The molecule has 0 atom stereocenters. The summed E-state index contributed by atoms with van der Waals surface area (Å²) < 4.78 is 24.8. The number of hydrogen-bond acceptors (Lipinski definition) is 3. The molecule has 0 amide bonds. The van der Waals surface area contributed by atoms with Gasteiger partial charge in [-0.2, -0.15) is 0 Å². The quantitative estimate of drug-likeness (QED) is 0.809. The molecule has 2 N–H and O–H groups in total. The van der Waals surface area contributed by atoms with Crippen LogP contribution in [-0.2, 0) is 21.2 Å². The van der Waals surface area contributed by atoms with E-state index in [9.17, 15) is 13.2 Å². The molecule has 0 saturated carbocycles. The van der Waals surface area contributed by atoms with Gasteiger partial charge in [-0.3, -0.25) is 4.79 Å². The van der Waals surface area contributed by atoms with Crippen LogP contribution in [0.4, 0.5) is 0 Å². The molecule has 94 valence electrons. The molecule has 7 heteroatoms. The summed E-state index contributed by atoms with van der Waals surface area (Å²) in [7, 11) is -3.56. The Balaban J connectivity index is 2.52. The molecule has 0 aromatic heterocycles. The van der Waals surface area contributed by atoms with Gasteiger partial charge < -0.3 is 5.11 Å². The monoisotopic (exact) mass is 277 g/mol. The summed E-state index contributed by atoms with van der Waals surface area (Å²) in [5, 5.41) is 8.89. The van der Waals surface area contributed by atoms with Gasteiger partial charge in [-0.05, 0) is 24.1 Å². The van der Waals surface area contributed by atoms with Crippen molar-refractivity contribution in [3.63, 3.8) is 0 Å². The Morgan fingerprint density at radius 2 is 2.12 bits per heavy atom. The van der Waals surface area contributed by atoms with Gasteiger partial charge in [-0.25, -0.2) is 13.1 Å². The van der Waals surface area contributed by atoms with E-state index in [0.29, 0.717) is 5.02 Å². The summed E-state index contributed by atoms with van der Waals surface area (Å²) in [6, 6.07) is 6.87. The van der Waals surface area contributed by atoms with E-state index in [2.05, 4.69) is 0 Å². The predicted molar refractivity (Wildman–Crippen MR) is 64.6 cm³/mol. The number of halogens is 1. The molecule has 0 spiro atoms. The Morgan fingerprint density at radius 3 is 2.71 bits per heavy atom. The number of benzene rings is 1. The lowest BCUT2D eigenvalue weighted by Crippen LogP contribution is -2.31. The Hall–Kier alpha value is -1.11. The summed E-state index contributed by atoms with van der Waals surface area (Å²) in [6.45, 7) is -0.599. The topological polar surface area (TPSA) is 83.5 Å². The fourth-order valence-corrected chi connectivity index (χ4v) is 2.39. The molecule has 0 saturated heterocycles. The number of nitrogens with one attached hydrogen (secondary N) is 1. The molecule has 0 radical (unpaired) electrons. The minimum Gasteiger partial charge on any atom is -0.480 e. The van der Waals surface area contributed by atoms with Crippen molar-refractivity contribution < 1.29 is 18.3 Å². The minimum absolute atomic E-state index is 0.166. The van der Waals surface area contributed by atoms with Gasteiger partial charge in [-0.1, -0.05) is 23.7 Å². The summed E-state index contributed by atoms with van der Waals surface area (Å²) in [5.74, 6) is -1.38. The van der Waals surface area contributed by atoms with Crippen molar-refractivity contribution in [2.45, 2.75) is 6.42 Å². The van der Waals surface area contributed by atoms with Crippen LogP contribution >= 0.6 is 11.6 Å². The highest BCUT2D eigenvalue weighted by Crippen LogP contribution is 2.11. The normalized spacial score (nSPS) is 11.4. The zero-order valence-corrected chi connectivity index (χ0v) is 10.5. The first-order valence-corrected chi connectivity index (χ1v) is 6.86. The van der Waals surface area contributed by atoms with Crippen molar-refractivity contribution in [3.8, 4) is 0 Å². The number of hydrogen-bond donors (Lipinski definition) is 2. The third-order valence-electron chi connectivity index (χ3n) is 1.99. The molecule has 0 aliphatic rings. The van der Waals surface area contributed by atoms with E-state index in [0.717, 1.165) is 5.56 Å². The van der Waals surface area contributed by atoms with Crippen molar-refractivity contribution in [2.24, 2.45) is 0 Å². The van der Waals surface area contributed by atoms with Gasteiger partial charge in [0.15, 0.2) is 0 Å². The first-order chi connectivity index (χ1) is 7.89. The van der Waals surface area contributed by atoms with E-state index in [1.54, 1.807) is 24.3 Å². The minimum atomic E-state index is -3.56. The summed E-state index contributed by atoms with van der Waals surface area (Å²) >= 11 is 5.75. The number of carbonyl (C=O) groups is 1. The third kappa shape index (κ3) is 5.67. The first kappa shape index (κ1) is 14.0. The Kier molecular flexibility index (Phi) is 4.92. The number of carboxylic acids is 1. The lowest BCUT2D eigenvalue weighted by Gasteiger charge is -2.04. The average molecular weight is 278 g/mol. The Labute approximate surface area is 104 Å². The molecule has 5 nitrogen and oxygen atoms in total. The molecule has 1 aromatic carbocycles. The third-order valence-corrected chi connectivity index (χ3v) is 3.55. The lowest BCUT2D eigenvalue weighted by molar-refractivity contribution is -0.135. The fraction of sp³-hybridized carbons (Fsp3) is 0.300. The van der Waals surface area contributed by atoms with E-state index in [1.165, 1.54) is 0 Å². The van der Waals surface area contributed by atoms with Crippen LogP contribution in [0, 0.1) is 0 Å². The maximum atomic E-state index is 11.4. The molecular weight excluding hydrogens is 266 g/mol. The molecule has 0 unspecified atom stereocenters. The van der Waals surface area contributed by atoms with Crippen LogP contribution in [0.1, 0.15) is 5.56 Å². The van der Waals surface area contributed by atoms with Crippen molar-refractivity contribution in [1.82, 2.24) is 4.72 Å². The Bertz CT molecular complexity index is 501. The summed E-state index contributed by atoms with van der Waals surface area (Å²) in [6.07, 6.45) is 0.287. The van der Waals surface area contributed by atoms with Crippen molar-refractivity contribution in [1.29, 1.82) is 0 Å². The van der Waals surface area contributed by atoms with Crippen LogP contribution in [0.15, 0.2) is 24.3 Å². The highest BCUT2D eigenvalue weighted by Gasteiger charge is 2.11. The Morgan fingerprint density at radius 1 is 1.41 bits per heavy atom.